The molecule has 0 saturated carbocycles. The van der Waals surface area contributed by atoms with Crippen molar-refractivity contribution in [2.75, 3.05) is 22.9 Å². The van der Waals surface area contributed by atoms with Gasteiger partial charge >= 0.3 is 0 Å². The van der Waals surface area contributed by atoms with Crippen LogP contribution >= 0.6 is 12.2 Å². The van der Waals surface area contributed by atoms with Gasteiger partial charge in [-0.25, -0.2) is 0 Å². The molecular formula is C27H27N5O3S. The number of nitro benzene ring substituents is 1. The number of amides is 1. The van der Waals surface area contributed by atoms with E-state index in [1.807, 2.05) is 66.9 Å². The molecule has 0 aliphatic carbocycles. The second-order valence-corrected chi connectivity index (χ2v) is 9.49. The van der Waals surface area contributed by atoms with E-state index in [1.165, 1.54) is 4.90 Å². The molecule has 2 aliphatic rings. The van der Waals surface area contributed by atoms with Crippen LogP contribution in [0, 0.1) is 24.0 Å². The first-order valence-corrected chi connectivity index (χ1v) is 12.4. The predicted octanol–water partition coefficient (Wildman–Crippen LogP) is 5.25. The number of aromatic nitrogens is 1. The first-order valence-electron chi connectivity index (χ1n) is 12.0. The van der Waals surface area contributed by atoms with Crippen LogP contribution in [-0.2, 0) is 4.79 Å². The number of aryl methyl sites for hydroxylation is 1. The Morgan fingerprint density at radius 2 is 1.72 bits per heavy atom. The van der Waals surface area contributed by atoms with E-state index >= 15 is 0 Å². The van der Waals surface area contributed by atoms with E-state index in [4.69, 9.17) is 12.2 Å². The molecule has 8 nitrogen and oxygen atoms in total. The molecule has 5 rings (SSSR count). The van der Waals surface area contributed by atoms with Crippen molar-refractivity contribution in [2.24, 2.45) is 0 Å². The number of nitro groups is 1. The molecule has 0 atom stereocenters. The molecule has 0 radical (unpaired) electrons. The number of nitrogens with one attached hydrogen (secondary N) is 1. The summed E-state index contributed by atoms with van der Waals surface area (Å²) in [5.74, 6) is -0.225. The lowest BCUT2D eigenvalue weighted by Crippen LogP contribution is -2.30. The maximum Gasteiger partial charge on any atom is 0.294 e. The zero-order valence-corrected chi connectivity index (χ0v) is 21.0. The van der Waals surface area contributed by atoms with E-state index in [0.29, 0.717) is 27.9 Å². The zero-order valence-electron chi connectivity index (χ0n) is 20.2. The highest BCUT2D eigenvalue weighted by molar-refractivity contribution is 7.80. The Morgan fingerprint density at radius 3 is 2.42 bits per heavy atom. The summed E-state index contributed by atoms with van der Waals surface area (Å²) in [6, 6.07) is 16.7. The van der Waals surface area contributed by atoms with E-state index in [1.54, 1.807) is 12.1 Å². The molecule has 0 spiro atoms. The molecule has 9 heteroatoms. The summed E-state index contributed by atoms with van der Waals surface area (Å²) in [5.41, 5.74) is 5.21. The summed E-state index contributed by atoms with van der Waals surface area (Å²) in [6.45, 7) is 5.56. The number of rotatable bonds is 5. The molecule has 1 N–H and O–H groups in total. The molecule has 2 fully saturated rings. The quantitative estimate of drug-likeness (QED) is 0.222. The first kappa shape index (κ1) is 23.7. The van der Waals surface area contributed by atoms with Crippen molar-refractivity contribution in [1.29, 1.82) is 0 Å². The number of carbonyl (C=O) groups is 1. The summed E-state index contributed by atoms with van der Waals surface area (Å²) < 4.78 is 1.98. The topological polar surface area (TPSA) is 83.7 Å². The molecule has 2 aromatic carbocycles. The van der Waals surface area contributed by atoms with E-state index < -0.39 is 0 Å². The number of benzene rings is 2. The summed E-state index contributed by atoms with van der Waals surface area (Å²) in [4.78, 5) is 28.4. The molecule has 184 valence electrons. The van der Waals surface area contributed by atoms with Crippen molar-refractivity contribution in [2.45, 2.75) is 33.1 Å². The number of para-hydroxylation sites is 1. The first-order chi connectivity index (χ1) is 17.3. The number of piperidine rings is 1. The molecule has 1 amide bonds. The minimum Gasteiger partial charge on any atom is -0.366 e. The van der Waals surface area contributed by atoms with Crippen molar-refractivity contribution in [3.05, 3.63) is 87.4 Å². The molecular weight excluding hydrogens is 474 g/mol. The summed E-state index contributed by atoms with van der Waals surface area (Å²) in [7, 11) is 0. The third-order valence-corrected chi connectivity index (χ3v) is 7.06. The molecule has 1 aromatic heterocycles. The van der Waals surface area contributed by atoms with Gasteiger partial charge in [0.1, 0.15) is 11.4 Å². The van der Waals surface area contributed by atoms with Gasteiger partial charge in [0.15, 0.2) is 5.11 Å². The van der Waals surface area contributed by atoms with Gasteiger partial charge in [-0.05, 0) is 87.3 Å². The lowest BCUT2D eigenvalue weighted by atomic mass is 10.1. The number of anilines is 2. The fourth-order valence-corrected chi connectivity index (χ4v) is 5.33. The van der Waals surface area contributed by atoms with Crippen LogP contribution in [0.15, 0.2) is 60.3 Å². The standard InChI is InChI=1S/C27H27N5O3S/c1-18-15-20(16-23-26(33)31(27(36)28-23)21-9-5-3-6-10-21)19(2)30(18)22-11-12-24(25(17-22)32(34)35)29-13-7-4-8-14-29/h3,5-6,9-12,15-17H,4,7-8,13-14H2,1-2H3,(H,28,36)/b23-16-. The van der Waals surface area contributed by atoms with Crippen LogP contribution in [-0.4, -0.2) is 33.6 Å². The van der Waals surface area contributed by atoms with Crippen LogP contribution in [0.25, 0.3) is 11.8 Å². The Hall–Kier alpha value is -3.98. The molecule has 0 unspecified atom stereocenters. The highest BCUT2D eigenvalue weighted by Gasteiger charge is 2.32. The fourth-order valence-electron chi connectivity index (χ4n) is 5.03. The minimum atomic E-state index is -0.301. The van der Waals surface area contributed by atoms with Crippen molar-refractivity contribution in [3.8, 4) is 5.69 Å². The minimum absolute atomic E-state index is 0.110. The predicted molar refractivity (Wildman–Crippen MR) is 146 cm³/mol. The fraction of sp³-hybridized carbons (Fsp3) is 0.259. The van der Waals surface area contributed by atoms with Gasteiger partial charge in [-0.3, -0.25) is 19.8 Å². The van der Waals surface area contributed by atoms with Gasteiger partial charge in [0.2, 0.25) is 0 Å². The normalized spacial score (nSPS) is 17.1. The second-order valence-electron chi connectivity index (χ2n) is 9.10. The smallest absolute Gasteiger partial charge is 0.294 e. The van der Waals surface area contributed by atoms with Crippen LogP contribution in [0.5, 0.6) is 0 Å². The van der Waals surface area contributed by atoms with E-state index in [0.717, 1.165) is 49.3 Å². The van der Waals surface area contributed by atoms with Crippen LogP contribution < -0.4 is 15.1 Å². The molecule has 3 aromatic rings. The number of hydrogen-bond donors (Lipinski definition) is 1. The van der Waals surface area contributed by atoms with Gasteiger partial charge in [-0.15, -0.1) is 0 Å². The average Bonchev–Trinajstić information content (AvgIpc) is 3.32. The van der Waals surface area contributed by atoms with Crippen molar-refractivity contribution >= 4 is 46.4 Å². The van der Waals surface area contributed by atoms with E-state index in [-0.39, 0.29) is 16.5 Å². The van der Waals surface area contributed by atoms with E-state index in [9.17, 15) is 14.9 Å². The second kappa shape index (κ2) is 9.58. The van der Waals surface area contributed by atoms with Gasteiger partial charge in [0.05, 0.1) is 16.3 Å². The summed E-state index contributed by atoms with van der Waals surface area (Å²) >= 11 is 5.42. The maximum absolute atomic E-state index is 13.1. The number of nitrogens with zero attached hydrogens (tertiary/aromatic N) is 4. The highest BCUT2D eigenvalue weighted by atomic mass is 32.1. The van der Waals surface area contributed by atoms with Gasteiger partial charge in [0.25, 0.3) is 11.6 Å². The number of hydrogen-bond acceptors (Lipinski definition) is 5. The SMILES string of the molecule is Cc1cc(/C=C2\NC(=S)N(c3ccccc3)C2=O)c(C)n1-c1ccc(N2CCCCC2)c([N+](=O)[O-])c1. The van der Waals surface area contributed by atoms with Crippen LogP contribution in [0.1, 0.15) is 36.2 Å². The third-order valence-electron chi connectivity index (χ3n) is 6.77. The lowest BCUT2D eigenvalue weighted by Gasteiger charge is -2.28. The summed E-state index contributed by atoms with van der Waals surface area (Å²) in [6.07, 6.45) is 5.04. The van der Waals surface area contributed by atoms with Crippen molar-refractivity contribution < 1.29 is 9.72 Å². The zero-order chi connectivity index (χ0) is 25.4. The summed E-state index contributed by atoms with van der Waals surface area (Å²) in [5, 5.41) is 15.3. The Kier molecular flexibility index (Phi) is 6.32. The van der Waals surface area contributed by atoms with Gasteiger partial charge in [0, 0.05) is 30.5 Å². The Labute approximate surface area is 215 Å². The number of thiocarbonyl (C=S) groups is 1. The molecule has 2 aliphatic heterocycles. The van der Waals surface area contributed by atoms with Gasteiger partial charge < -0.3 is 14.8 Å². The van der Waals surface area contributed by atoms with Crippen LogP contribution in [0.2, 0.25) is 0 Å². The lowest BCUT2D eigenvalue weighted by molar-refractivity contribution is -0.384. The number of carbonyl (C=O) groups excluding carboxylic acids is 1. The van der Waals surface area contributed by atoms with Crippen LogP contribution in [0.3, 0.4) is 0 Å². The van der Waals surface area contributed by atoms with E-state index in [2.05, 4.69) is 10.2 Å². The monoisotopic (exact) mass is 501 g/mol. The van der Waals surface area contributed by atoms with Crippen LogP contribution in [0.4, 0.5) is 17.1 Å². The average molecular weight is 502 g/mol. The molecule has 36 heavy (non-hydrogen) atoms. The Morgan fingerprint density at radius 1 is 1.00 bits per heavy atom. The molecule has 0 bridgehead atoms. The van der Waals surface area contributed by atoms with Crippen molar-refractivity contribution in [1.82, 2.24) is 9.88 Å². The molecule has 2 saturated heterocycles. The highest BCUT2D eigenvalue weighted by Crippen LogP contribution is 2.34. The maximum atomic E-state index is 13.1. The molecule has 3 heterocycles. The van der Waals surface area contributed by atoms with Gasteiger partial charge in [-0.1, -0.05) is 18.2 Å². The van der Waals surface area contributed by atoms with Gasteiger partial charge in [-0.2, -0.15) is 0 Å². The Balaban J connectivity index is 1.49. The third kappa shape index (κ3) is 4.26. The largest absolute Gasteiger partial charge is 0.366 e. The van der Waals surface area contributed by atoms with Crippen molar-refractivity contribution in [3.63, 3.8) is 0 Å². The Bertz CT molecular complexity index is 1390.